The molecule has 4 heteroatoms. The third-order valence-corrected chi connectivity index (χ3v) is 4.72. The molecule has 1 saturated heterocycles. The second-order valence-corrected chi connectivity index (χ2v) is 6.33. The lowest BCUT2D eigenvalue weighted by atomic mass is 10.3. The molecule has 1 N–H and O–H groups in total. The van der Waals surface area contributed by atoms with Crippen LogP contribution >= 0.6 is 11.8 Å². The summed E-state index contributed by atoms with van der Waals surface area (Å²) >= 11 is 2.14. The van der Waals surface area contributed by atoms with E-state index in [4.69, 9.17) is 4.74 Å². The normalized spacial score (nSPS) is 21.3. The van der Waals surface area contributed by atoms with Gasteiger partial charge < -0.3 is 15.0 Å². The van der Waals surface area contributed by atoms with Crippen LogP contribution in [0.5, 0.6) is 0 Å². The maximum atomic E-state index is 5.52. The van der Waals surface area contributed by atoms with E-state index in [1.54, 1.807) is 0 Å². The second kappa shape index (κ2) is 11.1. The average molecular weight is 274 g/mol. The molecule has 0 saturated carbocycles. The van der Waals surface area contributed by atoms with Gasteiger partial charge in [-0.25, -0.2) is 0 Å². The number of hydrogen-bond acceptors (Lipinski definition) is 4. The van der Waals surface area contributed by atoms with Gasteiger partial charge in [0.15, 0.2) is 0 Å². The number of nitrogens with zero attached hydrogens (tertiary/aromatic N) is 1. The van der Waals surface area contributed by atoms with Gasteiger partial charge >= 0.3 is 0 Å². The van der Waals surface area contributed by atoms with Crippen LogP contribution in [-0.4, -0.2) is 61.8 Å². The van der Waals surface area contributed by atoms with Gasteiger partial charge in [-0.15, -0.1) is 0 Å². The molecule has 0 aliphatic carbocycles. The highest BCUT2D eigenvalue weighted by Crippen LogP contribution is 2.20. The third-order valence-electron chi connectivity index (χ3n) is 3.35. The Kier molecular flexibility index (Phi) is 10.0. The molecule has 1 aliphatic heterocycles. The Labute approximate surface area is 117 Å². The third kappa shape index (κ3) is 7.62. The second-order valence-electron chi connectivity index (χ2n) is 4.92. The fourth-order valence-electron chi connectivity index (χ4n) is 2.09. The van der Waals surface area contributed by atoms with Gasteiger partial charge in [0, 0.05) is 50.3 Å². The fourth-order valence-corrected chi connectivity index (χ4v) is 3.33. The lowest BCUT2D eigenvalue weighted by molar-refractivity contribution is 0.132. The van der Waals surface area contributed by atoms with E-state index in [0.717, 1.165) is 31.6 Å². The quantitative estimate of drug-likeness (QED) is 0.617. The summed E-state index contributed by atoms with van der Waals surface area (Å²) in [6.45, 7) is 12.1. The zero-order valence-corrected chi connectivity index (χ0v) is 12.9. The molecule has 108 valence electrons. The van der Waals surface area contributed by atoms with E-state index in [1.165, 1.54) is 44.6 Å². The van der Waals surface area contributed by atoms with Crippen molar-refractivity contribution < 1.29 is 4.74 Å². The molecule has 0 aromatic carbocycles. The molecule has 0 spiro atoms. The summed E-state index contributed by atoms with van der Waals surface area (Å²) in [7, 11) is 0. The summed E-state index contributed by atoms with van der Waals surface area (Å²) in [6.07, 6.45) is 3.71. The van der Waals surface area contributed by atoms with E-state index in [2.05, 4.69) is 35.8 Å². The van der Waals surface area contributed by atoms with Crippen LogP contribution in [0.3, 0.4) is 0 Å². The Hall–Kier alpha value is 0.230. The van der Waals surface area contributed by atoms with E-state index < -0.39 is 0 Å². The SMILES string of the molecule is CCCCOCCNCCN1CCSC(CC)C1. The van der Waals surface area contributed by atoms with E-state index in [0.29, 0.717) is 0 Å². The minimum absolute atomic E-state index is 0.855. The summed E-state index contributed by atoms with van der Waals surface area (Å²) in [5.74, 6) is 1.30. The van der Waals surface area contributed by atoms with Crippen molar-refractivity contribution in [3.63, 3.8) is 0 Å². The monoisotopic (exact) mass is 274 g/mol. The molecule has 0 aromatic rings. The minimum atomic E-state index is 0.855. The van der Waals surface area contributed by atoms with Gasteiger partial charge in [-0.1, -0.05) is 20.3 Å². The molecular formula is C14H30N2OS. The molecule has 0 amide bonds. The summed E-state index contributed by atoms with van der Waals surface area (Å²) in [4.78, 5) is 2.59. The molecule has 0 bridgehead atoms. The van der Waals surface area contributed by atoms with Crippen LogP contribution in [0.2, 0.25) is 0 Å². The molecule has 1 atom stereocenters. The summed E-state index contributed by atoms with van der Waals surface area (Å²) in [5, 5.41) is 4.33. The van der Waals surface area contributed by atoms with Crippen molar-refractivity contribution in [2.75, 3.05) is 51.7 Å². The molecule has 1 rings (SSSR count). The number of hydrogen-bond donors (Lipinski definition) is 1. The van der Waals surface area contributed by atoms with Gasteiger partial charge in [0.2, 0.25) is 0 Å². The van der Waals surface area contributed by atoms with Gasteiger partial charge in [0.1, 0.15) is 0 Å². The van der Waals surface area contributed by atoms with Crippen molar-refractivity contribution in [3.8, 4) is 0 Å². The summed E-state index contributed by atoms with van der Waals surface area (Å²) in [6, 6.07) is 0. The van der Waals surface area contributed by atoms with Crippen molar-refractivity contribution in [1.82, 2.24) is 10.2 Å². The zero-order chi connectivity index (χ0) is 13.1. The average Bonchev–Trinajstić information content (AvgIpc) is 2.42. The Morgan fingerprint density at radius 3 is 2.94 bits per heavy atom. The number of nitrogens with one attached hydrogen (secondary N) is 1. The molecule has 1 aliphatic rings. The predicted octanol–water partition coefficient (Wildman–Crippen LogP) is 2.22. The lowest BCUT2D eigenvalue weighted by Crippen LogP contribution is -2.41. The summed E-state index contributed by atoms with van der Waals surface area (Å²) < 4.78 is 5.52. The number of ether oxygens (including phenoxy) is 1. The fraction of sp³-hybridized carbons (Fsp3) is 1.00. The first-order valence-corrected chi connectivity index (χ1v) is 8.54. The van der Waals surface area contributed by atoms with Crippen molar-refractivity contribution in [2.24, 2.45) is 0 Å². The topological polar surface area (TPSA) is 24.5 Å². The standard InChI is InChI=1S/C14H30N2OS/c1-3-5-10-17-11-7-15-6-8-16-9-12-18-14(4-2)13-16/h14-15H,3-13H2,1-2H3. The molecule has 0 aromatic heterocycles. The predicted molar refractivity (Wildman–Crippen MR) is 81.6 cm³/mol. The van der Waals surface area contributed by atoms with Crippen LogP contribution in [0, 0.1) is 0 Å². The van der Waals surface area contributed by atoms with Crippen molar-refractivity contribution in [1.29, 1.82) is 0 Å². The zero-order valence-electron chi connectivity index (χ0n) is 12.1. The van der Waals surface area contributed by atoms with Crippen molar-refractivity contribution in [2.45, 2.75) is 38.4 Å². The first-order valence-electron chi connectivity index (χ1n) is 7.49. The molecule has 1 heterocycles. The van der Waals surface area contributed by atoms with Crippen molar-refractivity contribution >= 4 is 11.8 Å². The highest BCUT2D eigenvalue weighted by atomic mass is 32.2. The van der Waals surface area contributed by atoms with Crippen LogP contribution < -0.4 is 5.32 Å². The first-order chi connectivity index (χ1) is 8.86. The van der Waals surface area contributed by atoms with Crippen LogP contribution in [0.25, 0.3) is 0 Å². The van der Waals surface area contributed by atoms with Crippen LogP contribution in [-0.2, 0) is 4.74 Å². The van der Waals surface area contributed by atoms with Crippen molar-refractivity contribution in [3.05, 3.63) is 0 Å². The minimum Gasteiger partial charge on any atom is -0.380 e. The van der Waals surface area contributed by atoms with E-state index in [-0.39, 0.29) is 0 Å². The van der Waals surface area contributed by atoms with E-state index in [1.807, 2.05) is 0 Å². The van der Waals surface area contributed by atoms with Gasteiger partial charge in [0.05, 0.1) is 6.61 Å². The van der Waals surface area contributed by atoms with Crippen LogP contribution in [0.15, 0.2) is 0 Å². The number of thioether (sulfide) groups is 1. The Bertz CT molecular complexity index is 193. The van der Waals surface area contributed by atoms with Crippen LogP contribution in [0.4, 0.5) is 0 Å². The van der Waals surface area contributed by atoms with Gasteiger partial charge in [-0.05, 0) is 12.8 Å². The highest BCUT2D eigenvalue weighted by Gasteiger charge is 2.17. The molecule has 3 nitrogen and oxygen atoms in total. The largest absolute Gasteiger partial charge is 0.380 e. The molecule has 1 unspecified atom stereocenters. The lowest BCUT2D eigenvalue weighted by Gasteiger charge is -2.31. The Morgan fingerprint density at radius 2 is 2.17 bits per heavy atom. The molecule has 18 heavy (non-hydrogen) atoms. The maximum absolute atomic E-state index is 5.52. The molecule has 1 fully saturated rings. The van der Waals surface area contributed by atoms with Gasteiger partial charge in [-0.2, -0.15) is 11.8 Å². The Balaban J connectivity index is 1.88. The number of rotatable bonds is 10. The summed E-state index contributed by atoms with van der Waals surface area (Å²) in [5.41, 5.74) is 0. The maximum Gasteiger partial charge on any atom is 0.0590 e. The molecule has 0 radical (unpaired) electrons. The van der Waals surface area contributed by atoms with Crippen LogP contribution in [0.1, 0.15) is 33.1 Å². The van der Waals surface area contributed by atoms with E-state index >= 15 is 0 Å². The first kappa shape index (κ1) is 16.3. The Morgan fingerprint density at radius 1 is 1.28 bits per heavy atom. The molecular weight excluding hydrogens is 244 g/mol. The highest BCUT2D eigenvalue weighted by molar-refractivity contribution is 8.00. The smallest absolute Gasteiger partial charge is 0.0590 e. The van der Waals surface area contributed by atoms with Gasteiger partial charge in [-0.3, -0.25) is 0 Å². The van der Waals surface area contributed by atoms with E-state index in [9.17, 15) is 0 Å². The van der Waals surface area contributed by atoms with Gasteiger partial charge in [0.25, 0.3) is 0 Å². The number of unbranched alkanes of at least 4 members (excludes halogenated alkanes) is 1.